The molecule has 1 amide bonds. The van der Waals surface area contributed by atoms with Crippen LogP contribution in [0.4, 0.5) is 0 Å². The number of hydrogen-bond acceptors (Lipinski definition) is 3. The number of nitrogens with one attached hydrogen (secondary N) is 2. The van der Waals surface area contributed by atoms with Gasteiger partial charge in [0, 0.05) is 6.42 Å². The first-order valence-electron chi connectivity index (χ1n) is 5.87. The molecule has 0 aromatic heterocycles. The van der Waals surface area contributed by atoms with Gasteiger partial charge in [-0.25, -0.2) is 0 Å². The van der Waals surface area contributed by atoms with Crippen LogP contribution in [0.3, 0.4) is 0 Å². The van der Waals surface area contributed by atoms with E-state index in [1.807, 2.05) is 0 Å². The summed E-state index contributed by atoms with van der Waals surface area (Å²) in [5, 5.41) is 15.3. The van der Waals surface area contributed by atoms with E-state index in [2.05, 4.69) is 10.6 Å². The lowest BCUT2D eigenvalue weighted by Gasteiger charge is -2.23. The second-order valence-corrected chi connectivity index (χ2v) is 4.88. The third-order valence-corrected chi connectivity index (χ3v) is 3.49. The second-order valence-electron chi connectivity index (χ2n) is 4.88. The molecule has 0 bridgehead atoms. The van der Waals surface area contributed by atoms with Crippen molar-refractivity contribution in [3.8, 4) is 0 Å². The molecule has 4 heteroatoms. The van der Waals surface area contributed by atoms with Gasteiger partial charge in [0.15, 0.2) is 0 Å². The van der Waals surface area contributed by atoms with Crippen LogP contribution in [0.1, 0.15) is 32.1 Å². The first-order valence-corrected chi connectivity index (χ1v) is 5.87. The standard InChI is InChI=1S/C11H20N2O2/c14-8-11(3-4-11)13-10(15)7-9-1-5-12-6-2-9/h9,12,14H,1-8H2,(H,13,15). The fourth-order valence-electron chi connectivity index (χ4n) is 2.17. The lowest BCUT2D eigenvalue weighted by molar-refractivity contribution is -0.123. The number of aliphatic hydroxyl groups excluding tert-OH is 1. The highest BCUT2D eigenvalue weighted by atomic mass is 16.3. The van der Waals surface area contributed by atoms with Crippen LogP contribution in [0.2, 0.25) is 0 Å². The van der Waals surface area contributed by atoms with Crippen LogP contribution >= 0.6 is 0 Å². The summed E-state index contributed by atoms with van der Waals surface area (Å²) in [4.78, 5) is 11.7. The third-order valence-electron chi connectivity index (χ3n) is 3.49. The quantitative estimate of drug-likeness (QED) is 0.615. The average Bonchev–Trinajstić information content (AvgIpc) is 3.00. The number of carbonyl (C=O) groups excluding carboxylic acids is 1. The highest BCUT2D eigenvalue weighted by Crippen LogP contribution is 2.34. The molecule has 3 N–H and O–H groups in total. The average molecular weight is 212 g/mol. The molecule has 0 spiro atoms. The van der Waals surface area contributed by atoms with Crippen molar-refractivity contribution < 1.29 is 9.90 Å². The number of carbonyl (C=O) groups is 1. The summed E-state index contributed by atoms with van der Waals surface area (Å²) in [6.45, 7) is 2.15. The van der Waals surface area contributed by atoms with Crippen LogP contribution < -0.4 is 10.6 Å². The number of amides is 1. The molecule has 0 aromatic rings. The fraction of sp³-hybridized carbons (Fsp3) is 0.909. The molecular formula is C11H20N2O2. The normalized spacial score (nSPS) is 24.9. The summed E-state index contributed by atoms with van der Waals surface area (Å²) in [6.07, 6.45) is 4.69. The van der Waals surface area contributed by atoms with Gasteiger partial charge < -0.3 is 15.7 Å². The molecule has 0 radical (unpaired) electrons. The molecule has 1 heterocycles. The molecule has 2 fully saturated rings. The minimum Gasteiger partial charge on any atom is -0.394 e. The van der Waals surface area contributed by atoms with Crippen molar-refractivity contribution in [3.63, 3.8) is 0 Å². The molecule has 2 rings (SSSR count). The van der Waals surface area contributed by atoms with E-state index in [-0.39, 0.29) is 18.1 Å². The molecule has 1 saturated heterocycles. The van der Waals surface area contributed by atoms with Crippen LogP contribution in [0.5, 0.6) is 0 Å². The van der Waals surface area contributed by atoms with E-state index < -0.39 is 0 Å². The Bertz CT molecular complexity index is 233. The van der Waals surface area contributed by atoms with Gasteiger partial charge in [-0.2, -0.15) is 0 Å². The molecule has 1 aliphatic carbocycles. The van der Waals surface area contributed by atoms with Crippen molar-refractivity contribution in [1.82, 2.24) is 10.6 Å². The molecule has 15 heavy (non-hydrogen) atoms. The van der Waals surface area contributed by atoms with Gasteiger partial charge in [0.05, 0.1) is 12.1 Å². The molecule has 1 aliphatic heterocycles. The highest BCUT2D eigenvalue weighted by molar-refractivity contribution is 5.77. The van der Waals surface area contributed by atoms with Gasteiger partial charge >= 0.3 is 0 Å². The van der Waals surface area contributed by atoms with E-state index in [0.717, 1.165) is 38.8 Å². The highest BCUT2D eigenvalue weighted by Gasteiger charge is 2.43. The van der Waals surface area contributed by atoms with Crippen LogP contribution in [-0.4, -0.2) is 36.2 Å². The Hall–Kier alpha value is -0.610. The van der Waals surface area contributed by atoms with Gasteiger partial charge in [0.25, 0.3) is 0 Å². The minimum absolute atomic E-state index is 0.0883. The van der Waals surface area contributed by atoms with E-state index in [4.69, 9.17) is 5.11 Å². The van der Waals surface area contributed by atoms with Crippen molar-refractivity contribution in [3.05, 3.63) is 0 Å². The Morgan fingerprint density at radius 1 is 1.40 bits per heavy atom. The Balaban J connectivity index is 1.72. The van der Waals surface area contributed by atoms with Gasteiger partial charge in [-0.3, -0.25) is 4.79 Å². The van der Waals surface area contributed by atoms with E-state index in [0.29, 0.717) is 12.3 Å². The van der Waals surface area contributed by atoms with Gasteiger partial charge in [-0.1, -0.05) is 0 Å². The summed E-state index contributed by atoms with van der Waals surface area (Å²) in [5.41, 5.74) is -0.246. The molecule has 0 atom stereocenters. The zero-order chi connectivity index (χ0) is 10.7. The number of piperidine rings is 1. The van der Waals surface area contributed by atoms with Crippen molar-refractivity contribution in [2.75, 3.05) is 19.7 Å². The number of rotatable bonds is 4. The largest absolute Gasteiger partial charge is 0.394 e. The van der Waals surface area contributed by atoms with Crippen molar-refractivity contribution in [2.24, 2.45) is 5.92 Å². The minimum atomic E-state index is -0.246. The first kappa shape index (κ1) is 10.9. The van der Waals surface area contributed by atoms with Crippen molar-refractivity contribution in [2.45, 2.75) is 37.6 Å². The third kappa shape index (κ3) is 2.92. The molecule has 2 aliphatic rings. The van der Waals surface area contributed by atoms with Crippen LogP contribution in [0.25, 0.3) is 0 Å². The smallest absolute Gasteiger partial charge is 0.220 e. The van der Waals surface area contributed by atoms with Crippen LogP contribution in [0.15, 0.2) is 0 Å². The molecule has 0 unspecified atom stereocenters. The maximum Gasteiger partial charge on any atom is 0.220 e. The zero-order valence-electron chi connectivity index (χ0n) is 9.09. The SMILES string of the molecule is O=C(CC1CCNCC1)NC1(CO)CC1. The zero-order valence-corrected chi connectivity index (χ0v) is 9.09. The van der Waals surface area contributed by atoms with Crippen LogP contribution in [-0.2, 0) is 4.79 Å². The monoisotopic (exact) mass is 212 g/mol. The van der Waals surface area contributed by atoms with E-state index in [1.165, 1.54) is 0 Å². The number of hydrogen-bond donors (Lipinski definition) is 3. The Labute approximate surface area is 90.4 Å². The molecule has 4 nitrogen and oxygen atoms in total. The summed E-state index contributed by atoms with van der Waals surface area (Å²) >= 11 is 0. The lowest BCUT2D eigenvalue weighted by Crippen LogP contribution is -2.41. The maximum atomic E-state index is 11.7. The van der Waals surface area contributed by atoms with Gasteiger partial charge in [0.1, 0.15) is 0 Å². The lowest BCUT2D eigenvalue weighted by atomic mass is 9.94. The molecular weight excluding hydrogens is 192 g/mol. The Kier molecular flexibility index (Phi) is 3.26. The van der Waals surface area contributed by atoms with Crippen molar-refractivity contribution in [1.29, 1.82) is 0 Å². The fourth-order valence-corrected chi connectivity index (χ4v) is 2.17. The van der Waals surface area contributed by atoms with E-state index in [9.17, 15) is 4.79 Å². The maximum absolute atomic E-state index is 11.7. The van der Waals surface area contributed by atoms with Crippen molar-refractivity contribution >= 4 is 5.91 Å². The molecule has 0 aromatic carbocycles. The van der Waals surface area contributed by atoms with Crippen LogP contribution in [0, 0.1) is 5.92 Å². The van der Waals surface area contributed by atoms with E-state index >= 15 is 0 Å². The predicted octanol–water partition coefficient (Wildman–Crippen LogP) is 0.0172. The van der Waals surface area contributed by atoms with Gasteiger partial charge in [0.2, 0.25) is 5.91 Å². The van der Waals surface area contributed by atoms with Gasteiger partial charge in [-0.15, -0.1) is 0 Å². The second kappa shape index (κ2) is 4.49. The van der Waals surface area contributed by atoms with E-state index in [1.54, 1.807) is 0 Å². The summed E-state index contributed by atoms with van der Waals surface area (Å²) in [6, 6.07) is 0. The molecule has 86 valence electrons. The summed E-state index contributed by atoms with van der Waals surface area (Å²) < 4.78 is 0. The predicted molar refractivity (Wildman–Crippen MR) is 57.4 cm³/mol. The van der Waals surface area contributed by atoms with Gasteiger partial charge in [-0.05, 0) is 44.7 Å². The topological polar surface area (TPSA) is 61.4 Å². The summed E-state index contributed by atoms with van der Waals surface area (Å²) in [5.74, 6) is 0.647. The Morgan fingerprint density at radius 3 is 2.60 bits per heavy atom. The summed E-state index contributed by atoms with van der Waals surface area (Å²) in [7, 11) is 0. The number of aliphatic hydroxyl groups is 1. The Morgan fingerprint density at radius 2 is 2.07 bits per heavy atom. The first-order chi connectivity index (χ1) is 7.24. The molecule has 1 saturated carbocycles.